The molecule has 0 unspecified atom stereocenters. The van der Waals surface area contributed by atoms with Gasteiger partial charge in [0.1, 0.15) is 5.25 Å². The van der Waals surface area contributed by atoms with Gasteiger partial charge in [-0.1, -0.05) is 30.3 Å². The van der Waals surface area contributed by atoms with Gasteiger partial charge < -0.3 is 5.32 Å². The minimum atomic E-state index is -3.34. The average molecular weight is 255 g/mol. The Balaban J connectivity index is 2.71. The van der Waals surface area contributed by atoms with Crippen LogP contribution in [0, 0.1) is 0 Å². The number of nitrogens with one attached hydrogen (secondary N) is 1. The van der Waals surface area contributed by atoms with E-state index in [2.05, 4.69) is 5.32 Å². The van der Waals surface area contributed by atoms with Gasteiger partial charge >= 0.3 is 0 Å². The molecule has 0 aliphatic carbocycles. The third-order valence-electron chi connectivity index (χ3n) is 2.67. The monoisotopic (exact) mass is 255 g/mol. The Bertz CT molecular complexity index is 482. The van der Waals surface area contributed by atoms with Crippen LogP contribution >= 0.6 is 0 Å². The van der Waals surface area contributed by atoms with E-state index < -0.39 is 21.0 Å². The number of carbonyl (C=O) groups is 1. The highest BCUT2D eigenvalue weighted by atomic mass is 32.2. The van der Waals surface area contributed by atoms with Crippen molar-refractivity contribution in [2.45, 2.75) is 25.1 Å². The molecule has 0 aliphatic rings. The smallest absolute Gasteiger partial charge is 0.238 e. The van der Waals surface area contributed by atoms with Crippen molar-refractivity contribution in [2.24, 2.45) is 0 Å². The fraction of sp³-hybridized carbons (Fsp3) is 0.417. The highest BCUT2D eigenvalue weighted by Gasteiger charge is 2.24. The Labute approximate surface area is 102 Å². The molecule has 0 saturated heterocycles. The molecular formula is C12H17NO3S. The molecule has 0 saturated carbocycles. The number of sulfone groups is 1. The zero-order valence-electron chi connectivity index (χ0n) is 10.2. The number of amides is 1. The van der Waals surface area contributed by atoms with Crippen molar-refractivity contribution in [1.82, 2.24) is 5.32 Å². The number of carbonyl (C=O) groups excluding carboxylic acids is 1. The Hall–Kier alpha value is -1.36. The predicted molar refractivity (Wildman–Crippen MR) is 67.3 cm³/mol. The molecule has 0 aromatic heterocycles. The number of rotatable bonds is 4. The molecule has 0 fully saturated rings. The highest BCUT2D eigenvalue weighted by Crippen LogP contribution is 2.12. The normalized spacial score (nSPS) is 15.0. The minimum Gasteiger partial charge on any atom is -0.348 e. The van der Waals surface area contributed by atoms with Gasteiger partial charge in [0.15, 0.2) is 9.84 Å². The van der Waals surface area contributed by atoms with E-state index in [0.717, 1.165) is 11.8 Å². The van der Waals surface area contributed by atoms with Gasteiger partial charge in [-0.05, 0) is 19.4 Å². The van der Waals surface area contributed by atoms with Gasteiger partial charge in [0.05, 0.1) is 6.04 Å². The summed E-state index contributed by atoms with van der Waals surface area (Å²) < 4.78 is 22.5. The lowest BCUT2D eigenvalue weighted by atomic mass is 10.1. The zero-order valence-corrected chi connectivity index (χ0v) is 11.0. The summed E-state index contributed by atoms with van der Waals surface area (Å²) in [4.78, 5) is 11.7. The Morgan fingerprint density at radius 2 is 1.71 bits per heavy atom. The number of hydrogen-bond donors (Lipinski definition) is 1. The van der Waals surface area contributed by atoms with Crippen LogP contribution in [0.4, 0.5) is 0 Å². The first-order chi connectivity index (χ1) is 7.82. The molecule has 2 atom stereocenters. The largest absolute Gasteiger partial charge is 0.348 e. The van der Waals surface area contributed by atoms with E-state index in [1.807, 2.05) is 37.3 Å². The topological polar surface area (TPSA) is 63.2 Å². The second-order valence-corrected chi connectivity index (χ2v) is 6.48. The molecule has 1 rings (SSSR count). The maximum atomic E-state index is 11.7. The molecule has 0 heterocycles. The third-order valence-corrected chi connectivity index (χ3v) is 4.17. The summed E-state index contributed by atoms with van der Waals surface area (Å²) in [6, 6.07) is 9.20. The highest BCUT2D eigenvalue weighted by molar-refractivity contribution is 7.92. The molecule has 0 spiro atoms. The summed E-state index contributed by atoms with van der Waals surface area (Å²) >= 11 is 0. The van der Waals surface area contributed by atoms with Crippen LogP contribution < -0.4 is 5.32 Å². The Morgan fingerprint density at radius 1 is 1.18 bits per heavy atom. The lowest BCUT2D eigenvalue weighted by Crippen LogP contribution is -2.38. The van der Waals surface area contributed by atoms with Crippen LogP contribution in [0.25, 0.3) is 0 Å². The van der Waals surface area contributed by atoms with Gasteiger partial charge in [-0.2, -0.15) is 0 Å². The maximum absolute atomic E-state index is 11.7. The number of hydrogen-bond acceptors (Lipinski definition) is 3. The van der Waals surface area contributed by atoms with Crippen molar-refractivity contribution in [2.75, 3.05) is 6.26 Å². The van der Waals surface area contributed by atoms with Crippen molar-refractivity contribution >= 4 is 15.7 Å². The predicted octanol–water partition coefficient (Wildman–Crippen LogP) is 1.30. The molecule has 1 amide bonds. The molecule has 1 aromatic rings. The molecular weight excluding hydrogens is 238 g/mol. The van der Waals surface area contributed by atoms with Crippen LogP contribution in [0.15, 0.2) is 30.3 Å². The molecule has 5 heteroatoms. The van der Waals surface area contributed by atoms with Gasteiger partial charge in [0.2, 0.25) is 5.91 Å². The van der Waals surface area contributed by atoms with E-state index in [9.17, 15) is 13.2 Å². The van der Waals surface area contributed by atoms with Gasteiger partial charge in [-0.3, -0.25) is 4.79 Å². The second kappa shape index (κ2) is 5.31. The van der Waals surface area contributed by atoms with Gasteiger partial charge in [0, 0.05) is 6.26 Å². The fourth-order valence-corrected chi connectivity index (χ4v) is 1.81. The first kappa shape index (κ1) is 13.7. The van der Waals surface area contributed by atoms with E-state index in [0.29, 0.717) is 0 Å². The SMILES string of the molecule is C[C@@H](NC(=O)[C@H](C)S(C)(=O)=O)c1ccccc1. The van der Waals surface area contributed by atoms with Crippen LogP contribution in [0.1, 0.15) is 25.5 Å². The summed E-state index contributed by atoms with van der Waals surface area (Å²) in [5.41, 5.74) is 0.946. The van der Waals surface area contributed by atoms with Crippen molar-refractivity contribution in [1.29, 1.82) is 0 Å². The van der Waals surface area contributed by atoms with Gasteiger partial charge in [-0.25, -0.2) is 8.42 Å². The van der Waals surface area contributed by atoms with Crippen LogP contribution in [0.3, 0.4) is 0 Å². The van der Waals surface area contributed by atoms with Crippen molar-refractivity contribution in [3.8, 4) is 0 Å². The molecule has 0 bridgehead atoms. The summed E-state index contributed by atoms with van der Waals surface area (Å²) in [6.07, 6.45) is 1.06. The second-order valence-electron chi connectivity index (χ2n) is 4.11. The Kier molecular flexibility index (Phi) is 4.28. The van der Waals surface area contributed by atoms with E-state index in [1.165, 1.54) is 6.92 Å². The molecule has 0 radical (unpaired) electrons. The molecule has 94 valence electrons. The fourth-order valence-electron chi connectivity index (χ4n) is 1.35. The van der Waals surface area contributed by atoms with Crippen LogP contribution in [0.5, 0.6) is 0 Å². The van der Waals surface area contributed by atoms with E-state index in [1.54, 1.807) is 0 Å². The summed E-state index contributed by atoms with van der Waals surface area (Å²) in [7, 11) is -3.34. The van der Waals surface area contributed by atoms with Gasteiger partial charge in [0.25, 0.3) is 0 Å². The maximum Gasteiger partial charge on any atom is 0.238 e. The summed E-state index contributed by atoms with van der Waals surface area (Å²) in [5.74, 6) is -0.469. The minimum absolute atomic E-state index is 0.201. The molecule has 17 heavy (non-hydrogen) atoms. The molecule has 4 nitrogen and oxygen atoms in total. The van der Waals surface area contributed by atoms with Gasteiger partial charge in [-0.15, -0.1) is 0 Å². The van der Waals surface area contributed by atoms with Crippen molar-refractivity contribution < 1.29 is 13.2 Å². The summed E-state index contributed by atoms with van der Waals surface area (Å²) in [6.45, 7) is 3.21. The van der Waals surface area contributed by atoms with Crippen LogP contribution in [-0.2, 0) is 14.6 Å². The number of benzene rings is 1. The van der Waals surface area contributed by atoms with E-state index in [-0.39, 0.29) is 6.04 Å². The Morgan fingerprint density at radius 3 is 2.18 bits per heavy atom. The molecule has 1 aromatic carbocycles. The average Bonchev–Trinajstić information content (AvgIpc) is 2.27. The standard InChI is InChI=1S/C12H17NO3S/c1-9(11-7-5-4-6-8-11)13-12(14)10(2)17(3,15)16/h4-10H,1-3H3,(H,13,14)/t9-,10+/m1/s1. The van der Waals surface area contributed by atoms with Crippen LogP contribution in [-0.4, -0.2) is 25.8 Å². The first-order valence-electron chi connectivity index (χ1n) is 5.36. The quantitative estimate of drug-likeness (QED) is 0.882. The zero-order chi connectivity index (χ0) is 13.1. The lowest BCUT2D eigenvalue weighted by Gasteiger charge is -2.16. The van der Waals surface area contributed by atoms with Crippen molar-refractivity contribution in [3.05, 3.63) is 35.9 Å². The van der Waals surface area contributed by atoms with E-state index >= 15 is 0 Å². The molecule has 0 aliphatic heterocycles. The van der Waals surface area contributed by atoms with Crippen molar-refractivity contribution in [3.63, 3.8) is 0 Å². The lowest BCUT2D eigenvalue weighted by molar-refractivity contribution is -0.121. The first-order valence-corrected chi connectivity index (χ1v) is 7.32. The van der Waals surface area contributed by atoms with E-state index in [4.69, 9.17) is 0 Å². The summed E-state index contributed by atoms with van der Waals surface area (Å²) in [5, 5.41) is 1.66. The van der Waals surface area contributed by atoms with Crippen LogP contribution in [0.2, 0.25) is 0 Å². The molecule has 1 N–H and O–H groups in total. The third kappa shape index (κ3) is 3.85.